The van der Waals surface area contributed by atoms with E-state index in [1.165, 1.54) is 47.2 Å². The predicted molar refractivity (Wildman–Crippen MR) is 134 cm³/mol. The summed E-state index contributed by atoms with van der Waals surface area (Å²) in [7, 11) is 4.07. The summed E-state index contributed by atoms with van der Waals surface area (Å²) >= 11 is 0. The Bertz CT molecular complexity index is 862. The summed E-state index contributed by atoms with van der Waals surface area (Å²) in [5, 5.41) is 3.84. The average Bonchev–Trinajstić information content (AvgIpc) is 2.76. The van der Waals surface area contributed by atoms with E-state index < -0.39 is 0 Å². The van der Waals surface area contributed by atoms with Crippen molar-refractivity contribution in [3.63, 3.8) is 0 Å². The fourth-order valence-corrected chi connectivity index (χ4v) is 3.83. The summed E-state index contributed by atoms with van der Waals surface area (Å²) in [6.45, 7) is 10.5. The molecule has 1 aliphatic heterocycles. The second-order valence-corrected chi connectivity index (χ2v) is 7.97. The zero-order valence-corrected chi connectivity index (χ0v) is 19.4. The zero-order chi connectivity index (χ0) is 21.9. The third-order valence-electron chi connectivity index (χ3n) is 5.35. The van der Waals surface area contributed by atoms with Crippen molar-refractivity contribution in [3.8, 4) is 0 Å². The van der Waals surface area contributed by atoms with Crippen molar-refractivity contribution in [2.24, 2.45) is 0 Å². The summed E-state index contributed by atoms with van der Waals surface area (Å²) in [6.07, 6.45) is 20.0. The van der Waals surface area contributed by atoms with Crippen molar-refractivity contribution in [2.75, 3.05) is 14.1 Å². The van der Waals surface area contributed by atoms with Gasteiger partial charge in [0.2, 0.25) is 0 Å². The van der Waals surface area contributed by atoms with E-state index in [0.717, 1.165) is 12.0 Å². The number of hydrogen-bond donors (Lipinski definition) is 1. The minimum absolute atomic E-state index is 0.332. The highest BCUT2D eigenvalue weighted by molar-refractivity contribution is 5.77. The third kappa shape index (κ3) is 6.38. The number of nitrogens with one attached hydrogen (secondary N) is 1. The van der Waals surface area contributed by atoms with Gasteiger partial charge in [-0.05, 0) is 60.3 Å². The van der Waals surface area contributed by atoms with Crippen molar-refractivity contribution in [1.29, 1.82) is 0 Å². The molecular weight excluding hydrogens is 364 g/mol. The summed E-state index contributed by atoms with van der Waals surface area (Å²) in [5.74, 6) is 0. The Kier molecular flexibility index (Phi) is 9.47. The van der Waals surface area contributed by atoms with E-state index in [-0.39, 0.29) is 0 Å². The molecule has 2 heteroatoms. The zero-order valence-electron chi connectivity index (χ0n) is 19.4. The number of rotatable bonds is 10. The van der Waals surface area contributed by atoms with Crippen LogP contribution in [0.5, 0.6) is 0 Å². The average molecular weight is 403 g/mol. The molecule has 1 aliphatic rings. The Balaban J connectivity index is 2.40. The van der Waals surface area contributed by atoms with Crippen LogP contribution < -0.4 is 5.32 Å². The van der Waals surface area contributed by atoms with E-state index in [0.29, 0.717) is 6.04 Å². The molecule has 1 N–H and O–H groups in total. The van der Waals surface area contributed by atoms with Crippen LogP contribution in [0.2, 0.25) is 0 Å². The van der Waals surface area contributed by atoms with Crippen molar-refractivity contribution in [3.05, 3.63) is 95.8 Å². The summed E-state index contributed by atoms with van der Waals surface area (Å²) in [6, 6.07) is 9.04. The lowest BCUT2D eigenvalue weighted by molar-refractivity contribution is 0.565. The van der Waals surface area contributed by atoms with Gasteiger partial charge in [0.1, 0.15) is 0 Å². The highest BCUT2D eigenvalue weighted by Crippen LogP contribution is 2.29. The highest BCUT2D eigenvalue weighted by atomic mass is 15.0. The first kappa shape index (κ1) is 23.5. The Hall–Kier alpha value is -2.74. The van der Waals surface area contributed by atoms with Gasteiger partial charge < -0.3 is 10.2 Å². The molecule has 1 aromatic carbocycles. The molecule has 1 atom stereocenters. The number of dihydropyridines is 1. The second-order valence-electron chi connectivity index (χ2n) is 7.97. The summed E-state index contributed by atoms with van der Waals surface area (Å²) in [4.78, 5) is 2.06. The van der Waals surface area contributed by atoms with Gasteiger partial charge >= 0.3 is 0 Å². The largest absolute Gasteiger partial charge is 0.383 e. The smallest absolute Gasteiger partial charge is 0.0519 e. The van der Waals surface area contributed by atoms with Gasteiger partial charge in [-0.3, -0.25) is 0 Å². The van der Waals surface area contributed by atoms with E-state index in [4.69, 9.17) is 0 Å². The quantitative estimate of drug-likeness (QED) is 0.331. The van der Waals surface area contributed by atoms with Gasteiger partial charge in [-0.1, -0.05) is 81.3 Å². The van der Waals surface area contributed by atoms with Gasteiger partial charge in [-0.2, -0.15) is 0 Å². The van der Waals surface area contributed by atoms with Crippen LogP contribution in [0, 0.1) is 0 Å². The molecule has 2 nitrogen and oxygen atoms in total. The molecule has 0 amide bonds. The van der Waals surface area contributed by atoms with E-state index in [9.17, 15) is 0 Å². The lowest BCUT2D eigenvalue weighted by atomic mass is 9.89. The van der Waals surface area contributed by atoms with Crippen molar-refractivity contribution >= 4 is 11.3 Å². The van der Waals surface area contributed by atoms with Gasteiger partial charge in [-0.25, -0.2) is 0 Å². The monoisotopic (exact) mass is 402 g/mol. The fourth-order valence-electron chi connectivity index (χ4n) is 3.83. The van der Waals surface area contributed by atoms with Gasteiger partial charge in [-0.15, -0.1) is 0 Å². The molecule has 160 valence electrons. The number of hydrogen-bond acceptors (Lipinski definition) is 2. The van der Waals surface area contributed by atoms with E-state index in [2.05, 4.69) is 98.4 Å². The summed E-state index contributed by atoms with van der Waals surface area (Å²) in [5.41, 5.74) is 7.39. The number of nitrogens with zero attached hydrogens (tertiary/aromatic N) is 1. The maximum Gasteiger partial charge on any atom is 0.0519 e. The van der Waals surface area contributed by atoms with Crippen LogP contribution in [0.15, 0.2) is 84.6 Å². The van der Waals surface area contributed by atoms with Gasteiger partial charge in [0.05, 0.1) is 6.04 Å². The molecule has 0 spiro atoms. The second kappa shape index (κ2) is 12.1. The first-order chi connectivity index (χ1) is 14.5. The number of allylic oxidation sites excluding steroid dienone is 7. The molecule has 0 aliphatic carbocycles. The normalized spacial score (nSPS) is 17.4. The Morgan fingerprint density at radius 2 is 1.93 bits per heavy atom. The first-order valence-corrected chi connectivity index (χ1v) is 11.1. The van der Waals surface area contributed by atoms with Crippen LogP contribution in [0.25, 0.3) is 11.3 Å². The fraction of sp³-hybridized carbons (Fsp3) is 0.357. The molecule has 2 rings (SSSR count). The molecule has 0 saturated carbocycles. The van der Waals surface area contributed by atoms with Crippen LogP contribution in [0.4, 0.5) is 0 Å². The maximum atomic E-state index is 4.00. The molecular formula is C28H38N2. The molecule has 0 radical (unpaired) electrons. The minimum atomic E-state index is 0.332. The lowest BCUT2D eigenvalue weighted by Gasteiger charge is -2.29. The van der Waals surface area contributed by atoms with Crippen LogP contribution in [0.1, 0.15) is 57.6 Å². The van der Waals surface area contributed by atoms with Gasteiger partial charge in [0.25, 0.3) is 0 Å². The van der Waals surface area contributed by atoms with E-state index in [1.54, 1.807) is 0 Å². The summed E-state index contributed by atoms with van der Waals surface area (Å²) < 4.78 is 0. The molecule has 1 heterocycles. The standard InChI is InChI=1S/C28H38N2/c1-7-11-12-17-28-26(22(9-3)14-8-2)18-19-27(29-28)25-16-13-15-24(20-25)23(10-4)21-30(5)6/h8-10,13-16,18-21,28-29H,4,7,11-12,17H2,1-3,5-6H3/b14-8-,22-9+,23-21+. The molecule has 0 aromatic heterocycles. The molecule has 0 saturated heterocycles. The minimum Gasteiger partial charge on any atom is -0.383 e. The first-order valence-electron chi connectivity index (χ1n) is 11.1. The van der Waals surface area contributed by atoms with Gasteiger partial charge in [0.15, 0.2) is 0 Å². The van der Waals surface area contributed by atoms with Gasteiger partial charge in [0, 0.05) is 26.0 Å². The van der Waals surface area contributed by atoms with E-state index >= 15 is 0 Å². The molecule has 0 fully saturated rings. The van der Waals surface area contributed by atoms with Crippen LogP contribution in [-0.4, -0.2) is 25.0 Å². The van der Waals surface area contributed by atoms with Crippen LogP contribution in [0.3, 0.4) is 0 Å². The molecule has 1 unspecified atom stereocenters. The van der Waals surface area contributed by atoms with Crippen LogP contribution >= 0.6 is 0 Å². The highest BCUT2D eigenvalue weighted by Gasteiger charge is 2.20. The van der Waals surface area contributed by atoms with E-state index in [1.807, 2.05) is 20.2 Å². The van der Waals surface area contributed by atoms with Crippen molar-refractivity contribution in [2.45, 2.75) is 52.5 Å². The topological polar surface area (TPSA) is 15.3 Å². The van der Waals surface area contributed by atoms with Crippen molar-refractivity contribution in [1.82, 2.24) is 10.2 Å². The Morgan fingerprint density at radius 1 is 1.13 bits per heavy atom. The van der Waals surface area contributed by atoms with Crippen molar-refractivity contribution < 1.29 is 0 Å². The third-order valence-corrected chi connectivity index (χ3v) is 5.35. The Morgan fingerprint density at radius 3 is 2.57 bits per heavy atom. The maximum absolute atomic E-state index is 4.00. The molecule has 1 aromatic rings. The molecule has 0 bridgehead atoms. The van der Waals surface area contributed by atoms with Crippen LogP contribution in [-0.2, 0) is 0 Å². The Labute approximate surface area is 184 Å². The number of unbranched alkanes of at least 4 members (excludes halogenated alkanes) is 2. The number of benzene rings is 1. The lowest BCUT2D eigenvalue weighted by Crippen LogP contribution is -2.32. The SMILES string of the molecule is C=C/C(=C\N(C)C)c1cccc(C2=CC=C(C(/C=C\C)=C/C)C(CCCCC)N2)c1. The molecule has 30 heavy (non-hydrogen) atoms. The predicted octanol–water partition coefficient (Wildman–Crippen LogP) is 7.12.